The molecule has 2 aromatic rings. The topological polar surface area (TPSA) is 84.9 Å². The van der Waals surface area contributed by atoms with Gasteiger partial charge in [0, 0.05) is 19.6 Å². The lowest BCUT2D eigenvalue weighted by Crippen LogP contribution is -2.38. The van der Waals surface area contributed by atoms with Crippen LogP contribution in [0.15, 0.2) is 47.4 Å². The molecule has 0 aromatic heterocycles. The zero-order valence-electron chi connectivity index (χ0n) is 19.7. The van der Waals surface area contributed by atoms with Gasteiger partial charge in [0.25, 0.3) is 5.91 Å². The normalized spacial score (nSPS) is 15.2. The first-order chi connectivity index (χ1) is 15.9. The first-order valence-electron chi connectivity index (χ1n) is 11.5. The molecule has 1 fully saturated rings. The van der Waals surface area contributed by atoms with Crippen LogP contribution in [0.1, 0.15) is 49.0 Å². The third kappa shape index (κ3) is 6.26. The van der Waals surface area contributed by atoms with E-state index in [9.17, 15) is 13.2 Å². The number of nitrogens with one attached hydrogen (secondary N) is 1. The minimum atomic E-state index is -3.65. The number of hydrogen-bond donors (Lipinski definition) is 1. The molecule has 0 radical (unpaired) electrons. The minimum Gasteiger partial charge on any atom is -0.496 e. The van der Waals surface area contributed by atoms with Crippen molar-refractivity contribution in [1.29, 1.82) is 0 Å². The number of carbonyl (C=O) groups excluding carboxylic acids is 1. The number of amides is 1. The Labute approximate surface area is 197 Å². The van der Waals surface area contributed by atoms with Crippen molar-refractivity contribution >= 4 is 15.9 Å². The van der Waals surface area contributed by atoms with E-state index in [1.807, 2.05) is 31.2 Å². The molecular weight excluding hydrogens is 440 g/mol. The Bertz CT molecular complexity index is 1050. The van der Waals surface area contributed by atoms with Gasteiger partial charge < -0.3 is 14.8 Å². The van der Waals surface area contributed by atoms with E-state index in [-0.39, 0.29) is 16.4 Å². The summed E-state index contributed by atoms with van der Waals surface area (Å²) in [7, 11) is -2.18. The average molecular weight is 475 g/mol. The van der Waals surface area contributed by atoms with Crippen molar-refractivity contribution in [1.82, 2.24) is 9.62 Å². The van der Waals surface area contributed by atoms with Gasteiger partial charge >= 0.3 is 0 Å². The van der Waals surface area contributed by atoms with Gasteiger partial charge in [-0.15, -0.1) is 0 Å². The number of ether oxygens (including phenoxy) is 2. The van der Waals surface area contributed by atoms with Gasteiger partial charge in [-0.3, -0.25) is 4.79 Å². The Morgan fingerprint density at radius 1 is 1.12 bits per heavy atom. The predicted octanol–water partition coefficient (Wildman–Crippen LogP) is 3.88. The second kappa shape index (κ2) is 11.5. The van der Waals surface area contributed by atoms with Crippen molar-refractivity contribution in [3.63, 3.8) is 0 Å². The largest absolute Gasteiger partial charge is 0.496 e. The lowest BCUT2D eigenvalue weighted by molar-refractivity contribution is 0.0950. The molecule has 8 heteroatoms. The SMILES string of the molecule is CCOc1ccccc1CCCNC(=O)c1cc(S(=O)(=O)N2CCC(C)CC2)ccc1OC. The highest BCUT2D eigenvalue weighted by atomic mass is 32.2. The Morgan fingerprint density at radius 3 is 2.55 bits per heavy atom. The molecule has 0 bridgehead atoms. The molecule has 1 aliphatic rings. The van der Waals surface area contributed by atoms with E-state index in [0.717, 1.165) is 37.0 Å². The summed E-state index contributed by atoms with van der Waals surface area (Å²) in [5.41, 5.74) is 1.31. The smallest absolute Gasteiger partial charge is 0.255 e. The van der Waals surface area contributed by atoms with Crippen molar-refractivity contribution < 1.29 is 22.7 Å². The van der Waals surface area contributed by atoms with E-state index < -0.39 is 10.0 Å². The molecule has 7 nitrogen and oxygen atoms in total. The van der Waals surface area contributed by atoms with E-state index in [1.165, 1.54) is 23.5 Å². The number of piperidine rings is 1. The van der Waals surface area contributed by atoms with Crippen LogP contribution in [0.25, 0.3) is 0 Å². The van der Waals surface area contributed by atoms with Gasteiger partial charge in [-0.2, -0.15) is 4.31 Å². The van der Waals surface area contributed by atoms with E-state index in [0.29, 0.717) is 37.9 Å². The zero-order valence-corrected chi connectivity index (χ0v) is 20.5. The number of hydrogen-bond acceptors (Lipinski definition) is 5. The summed E-state index contributed by atoms with van der Waals surface area (Å²) in [5.74, 6) is 1.38. The maximum atomic E-state index is 13.1. The van der Waals surface area contributed by atoms with Crippen LogP contribution in [0.5, 0.6) is 11.5 Å². The molecule has 3 rings (SSSR count). The van der Waals surface area contributed by atoms with Crippen LogP contribution in [-0.4, -0.2) is 52.0 Å². The van der Waals surface area contributed by atoms with E-state index in [1.54, 1.807) is 6.07 Å². The molecule has 180 valence electrons. The van der Waals surface area contributed by atoms with Crippen LogP contribution in [0.3, 0.4) is 0 Å². The summed E-state index contributed by atoms with van der Waals surface area (Å²) in [6.07, 6.45) is 3.17. The molecule has 0 atom stereocenters. The van der Waals surface area contributed by atoms with Gasteiger partial charge in [-0.05, 0) is 68.4 Å². The summed E-state index contributed by atoms with van der Waals surface area (Å²) >= 11 is 0. The molecule has 0 aliphatic carbocycles. The van der Waals surface area contributed by atoms with E-state index in [2.05, 4.69) is 12.2 Å². The third-order valence-electron chi connectivity index (χ3n) is 5.98. The Morgan fingerprint density at radius 2 is 1.85 bits per heavy atom. The maximum Gasteiger partial charge on any atom is 0.255 e. The molecule has 1 aliphatic heterocycles. The second-order valence-electron chi connectivity index (χ2n) is 8.35. The first kappa shape index (κ1) is 25.1. The second-order valence-corrected chi connectivity index (χ2v) is 10.3. The van der Waals surface area contributed by atoms with Crippen LogP contribution in [0.2, 0.25) is 0 Å². The Balaban J connectivity index is 1.66. The first-order valence-corrected chi connectivity index (χ1v) is 13.0. The maximum absolute atomic E-state index is 13.1. The molecular formula is C25H34N2O5S. The van der Waals surface area contributed by atoms with Gasteiger partial charge in [-0.1, -0.05) is 25.1 Å². The number of methoxy groups -OCH3 is 1. The Hall–Kier alpha value is -2.58. The molecule has 1 N–H and O–H groups in total. The molecule has 0 unspecified atom stereocenters. The van der Waals surface area contributed by atoms with Crippen molar-refractivity contribution in [2.45, 2.75) is 44.4 Å². The number of rotatable bonds is 10. The summed E-state index contributed by atoms with van der Waals surface area (Å²) in [6, 6.07) is 12.3. The van der Waals surface area contributed by atoms with Gasteiger partial charge in [0.2, 0.25) is 10.0 Å². The molecule has 1 amide bonds. The summed E-state index contributed by atoms with van der Waals surface area (Å²) < 4.78 is 38.7. The van der Waals surface area contributed by atoms with Crippen molar-refractivity contribution in [2.75, 3.05) is 33.4 Å². The number of para-hydroxylation sites is 1. The number of benzene rings is 2. The summed E-state index contributed by atoms with van der Waals surface area (Å²) in [4.78, 5) is 13.0. The third-order valence-corrected chi connectivity index (χ3v) is 7.87. The molecule has 1 saturated heterocycles. The molecule has 0 spiro atoms. The molecule has 1 heterocycles. The number of aryl methyl sites for hydroxylation is 1. The highest BCUT2D eigenvalue weighted by Gasteiger charge is 2.29. The molecule has 2 aromatic carbocycles. The fourth-order valence-electron chi connectivity index (χ4n) is 3.98. The Kier molecular flexibility index (Phi) is 8.74. The van der Waals surface area contributed by atoms with Gasteiger partial charge in [0.15, 0.2) is 0 Å². The quantitative estimate of drug-likeness (QED) is 0.529. The van der Waals surface area contributed by atoms with Crippen LogP contribution in [0.4, 0.5) is 0 Å². The molecule has 0 saturated carbocycles. The van der Waals surface area contributed by atoms with E-state index in [4.69, 9.17) is 9.47 Å². The van der Waals surface area contributed by atoms with Crippen molar-refractivity contribution in [3.05, 3.63) is 53.6 Å². The minimum absolute atomic E-state index is 0.119. The highest BCUT2D eigenvalue weighted by Crippen LogP contribution is 2.27. The zero-order chi connectivity index (χ0) is 23.8. The standard InChI is InChI=1S/C25H34N2O5S/c1-4-32-23-10-6-5-8-20(23)9-7-15-26-25(28)22-18-21(11-12-24(22)31-3)33(29,30)27-16-13-19(2)14-17-27/h5-6,8,10-12,18-19H,4,7,9,13-17H2,1-3H3,(H,26,28). The molecule has 33 heavy (non-hydrogen) atoms. The van der Waals surface area contributed by atoms with Crippen molar-refractivity contribution in [3.8, 4) is 11.5 Å². The van der Waals surface area contributed by atoms with Gasteiger partial charge in [0.1, 0.15) is 11.5 Å². The van der Waals surface area contributed by atoms with Gasteiger partial charge in [0.05, 0.1) is 24.2 Å². The fraction of sp³-hybridized carbons (Fsp3) is 0.480. The predicted molar refractivity (Wildman–Crippen MR) is 128 cm³/mol. The monoisotopic (exact) mass is 474 g/mol. The van der Waals surface area contributed by atoms with Gasteiger partial charge in [-0.25, -0.2) is 8.42 Å². The van der Waals surface area contributed by atoms with Crippen molar-refractivity contribution in [2.24, 2.45) is 5.92 Å². The van der Waals surface area contributed by atoms with Crippen LogP contribution >= 0.6 is 0 Å². The van der Waals surface area contributed by atoms with Crippen LogP contribution in [0, 0.1) is 5.92 Å². The number of sulfonamides is 1. The summed E-state index contributed by atoms with van der Waals surface area (Å²) in [6.45, 7) is 6.13. The highest BCUT2D eigenvalue weighted by molar-refractivity contribution is 7.89. The lowest BCUT2D eigenvalue weighted by Gasteiger charge is -2.29. The average Bonchev–Trinajstić information content (AvgIpc) is 2.82. The van der Waals surface area contributed by atoms with E-state index >= 15 is 0 Å². The summed E-state index contributed by atoms with van der Waals surface area (Å²) in [5, 5.41) is 2.89. The fourth-order valence-corrected chi connectivity index (χ4v) is 5.48. The number of carbonyl (C=O) groups is 1. The number of nitrogens with zero attached hydrogens (tertiary/aromatic N) is 1. The van der Waals surface area contributed by atoms with Crippen LogP contribution in [-0.2, 0) is 16.4 Å². The van der Waals surface area contributed by atoms with Crippen LogP contribution < -0.4 is 14.8 Å². The lowest BCUT2D eigenvalue weighted by atomic mass is 10.0.